The lowest BCUT2D eigenvalue weighted by Gasteiger charge is -2.30. The summed E-state index contributed by atoms with van der Waals surface area (Å²) in [6.45, 7) is 8.31. The van der Waals surface area contributed by atoms with Gasteiger partial charge in [-0.05, 0) is 56.6 Å². The Morgan fingerprint density at radius 3 is 1.86 bits per heavy atom. The van der Waals surface area contributed by atoms with Gasteiger partial charge in [0.2, 0.25) is 41.4 Å². The number of rotatable bonds is 22. The highest BCUT2D eigenvalue weighted by molar-refractivity contribution is 5.96. The van der Waals surface area contributed by atoms with Crippen molar-refractivity contribution in [1.82, 2.24) is 31.5 Å². The first kappa shape index (κ1) is 43.5. The minimum absolute atomic E-state index is 0.0294. The van der Waals surface area contributed by atoms with Crippen LogP contribution < -0.4 is 43.8 Å². The Kier molecular flexibility index (Phi) is 19.3. The second-order valence-corrected chi connectivity index (χ2v) is 13.2. The van der Waals surface area contributed by atoms with E-state index in [1.54, 1.807) is 44.2 Å². The van der Waals surface area contributed by atoms with Crippen LogP contribution in [0.5, 0.6) is 0 Å². The molecule has 0 heterocycles. The number of nitrogens with two attached hydrogens (primary N) is 3. The summed E-state index contributed by atoms with van der Waals surface area (Å²) in [5, 5.41) is 13.2. The maximum absolute atomic E-state index is 13.8. The maximum atomic E-state index is 13.8. The van der Waals surface area contributed by atoms with Gasteiger partial charge in [-0.2, -0.15) is 0 Å². The van der Waals surface area contributed by atoms with E-state index in [2.05, 4.69) is 26.6 Å². The van der Waals surface area contributed by atoms with Crippen molar-refractivity contribution in [2.45, 2.75) is 96.9 Å². The van der Waals surface area contributed by atoms with Crippen LogP contribution in [0, 0.1) is 11.8 Å². The SMILES string of the molecule is CC(C)CC(NC(=O)C(CCCCN)NC(=O)CN)C(=O)NC(C(=O)NC(Cc1ccccc1)C(=O)N(C)CC(=O)NC(C)C(N)=O)C(C)C. The van der Waals surface area contributed by atoms with Gasteiger partial charge in [0.05, 0.1) is 13.1 Å². The average Bonchev–Trinajstić information content (AvgIpc) is 3.05. The van der Waals surface area contributed by atoms with Crippen LogP contribution in [0.15, 0.2) is 30.3 Å². The van der Waals surface area contributed by atoms with Gasteiger partial charge in [-0.25, -0.2) is 0 Å². The summed E-state index contributed by atoms with van der Waals surface area (Å²) in [5.41, 5.74) is 17.0. The fraction of sp³-hybridized carbons (Fsp3) is 0.618. The highest BCUT2D eigenvalue weighted by atomic mass is 16.2. The summed E-state index contributed by atoms with van der Waals surface area (Å²) in [6, 6.07) is 3.78. The molecule has 1 aromatic carbocycles. The zero-order valence-electron chi connectivity index (χ0n) is 30.1. The molecule has 0 aliphatic rings. The monoisotopic (exact) mass is 703 g/mol. The lowest BCUT2D eigenvalue weighted by molar-refractivity contribution is -0.139. The number of benzene rings is 1. The summed E-state index contributed by atoms with van der Waals surface area (Å²) in [6.07, 6.45) is 1.81. The van der Waals surface area contributed by atoms with Crippen molar-refractivity contribution in [1.29, 1.82) is 0 Å². The van der Waals surface area contributed by atoms with Crippen molar-refractivity contribution in [2.24, 2.45) is 29.0 Å². The lowest BCUT2D eigenvalue weighted by atomic mass is 9.98. The van der Waals surface area contributed by atoms with Gasteiger partial charge in [-0.15, -0.1) is 0 Å². The van der Waals surface area contributed by atoms with E-state index in [0.29, 0.717) is 25.8 Å². The van der Waals surface area contributed by atoms with Crippen LogP contribution in [0.25, 0.3) is 0 Å². The topological polar surface area (TPSA) is 261 Å². The molecule has 50 heavy (non-hydrogen) atoms. The van der Waals surface area contributed by atoms with Gasteiger partial charge in [0.1, 0.15) is 30.2 Å². The maximum Gasteiger partial charge on any atom is 0.245 e. The number of nitrogens with zero attached hydrogens (tertiary/aromatic N) is 1. The Hall–Kier alpha value is -4.57. The van der Waals surface area contributed by atoms with Gasteiger partial charge in [-0.3, -0.25) is 33.6 Å². The van der Waals surface area contributed by atoms with Gasteiger partial charge in [0, 0.05) is 13.5 Å². The van der Waals surface area contributed by atoms with Crippen molar-refractivity contribution in [3.63, 3.8) is 0 Å². The smallest absolute Gasteiger partial charge is 0.245 e. The predicted octanol–water partition coefficient (Wildman–Crippen LogP) is -1.59. The van der Waals surface area contributed by atoms with Crippen LogP contribution in [0.1, 0.15) is 65.9 Å². The van der Waals surface area contributed by atoms with E-state index in [1.807, 2.05) is 13.8 Å². The Balaban J connectivity index is 3.23. The summed E-state index contributed by atoms with van der Waals surface area (Å²) < 4.78 is 0. The molecule has 5 unspecified atom stereocenters. The zero-order chi connectivity index (χ0) is 38.0. The van der Waals surface area contributed by atoms with E-state index in [1.165, 1.54) is 14.0 Å². The van der Waals surface area contributed by atoms with E-state index in [4.69, 9.17) is 17.2 Å². The molecule has 16 heteroatoms. The van der Waals surface area contributed by atoms with Crippen molar-refractivity contribution in [3.05, 3.63) is 35.9 Å². The normalized spacial score (nSPS) is 14.0. The number of primary amides is 1. The average molecular weight is 704 g/mol. The largest absolute Gasteiger partial charge is 0.368 e. The molecule has 16 nitrogen and oxygen atoms in total. The number of nitrogens with one attached hydrogen (secondary N) is 5. The summed E-state index contributed by atoms with van der Waals surface area (Å²) in [7, 11) is 1.39. The molecule has 0 saturated carbocycles. The van der Waals surface area contributed by atoms with Crippen LogP contribution in [-0.4, -0.2) is 103 Å². The summed E-state index contributed by atoms with van der Waals surface area (Å²) in [4.78, 5) is 91.4. The Morgan fingerprint density at radius 1 is 0.720 bits per heavy atom. The molecule has 0 saturated heterocycles. The molecule has 0 radical (unpaired) electrons. The molecule has 0 fully saturated rings. The van der Waals surface area contributed by atoms with E-state index in [9.17, 15) is 33.6 Å². The minimum atomic E-state index is -1.12. The van der Waals surface area contributed by atoms with Crippen LogP contribution in [-0.2, 0) is 40.0 Å². The number of carbonyl (C=O) groups excluding carboxylic acids is 7. The molecule has 1 rings (SSSR count). The molecule has 1 aromatic rings. The number of unbranched alkanes of at least 4 members (excludes halogenated alkanes) is 1. The van der Waals surface area contributed by atoms with E-state index in [-0.39, 0.29) is 25.3 Å². The molecule has 0 aliphatic heterocycles. The third-order valence-electron chi connectivity index (χ3n) is 7.83. The molecule has 0 spiro atoms. The van der Waals surface area contributed by atoms with E-state index in [0.717, 1.165) is 10.5 Å². The fourth-order valence-corrected chi connectivity index (χ4v) is 5.01. The predicted molar refractivity (Wildman–Crippen MR) is 189 cm³/mol. The van der Waals surface area contributed by atoms with Gasteiger partial charge >= 0.3 is 0 Å². The number of hydrogen-bond acceptors (Lipinski definition) is 9. The summed E-state index contributed by atoms with van der Waals surface area (Å²) >= 11 is 0. The third-order valence-corrected chi connectivity index (χ3v) is 7.83. The fourth-order valence-electron chi connectivity index (χ4n) is 5.01. The van der Waals surface area contributed by atoms with Gasteiger partial charge in [-0.1, -0.05) is 58.0 Å². The van der Waals surface area contributed by atoms with Crippen LogP contribution in [0.4, 0.5) is 0 Å². The van der Waals surface area contributed by atoms with E-state index >= 15 is 0 Å². The highest BCUT2D eigenvalue weighted by Gasteiger charge is 2.34. The standard InChI is InChI=1S/C34H57N9O7/c1-20(2)16-25(40-31(47)24(14-10-11-15-35)39-27(44)18-36)32(48)42-29(21(3)4)33(49)41-26(17-23-12-8-7-9-13-23)34(50)43(6)19-28(45)38-22(5)30(37)46/h7-9,12-13,20-22,24-26,29H,10-11,14-19,35-36H2,1-6H3,(H2,37,46)(H,38,45)(H,39,44)(H,40,47)(H,41,49)(H,42,48). The third kappa shape index (κ3) is 15.8. The molecular formula is C34H57N9O7. The van der Waals surface area contributed by atoms with Gasteiger partial charge in [0.15, 0.2) is 0 Å². The lowest BCUT2D eigenvalue weighted by Crippen LogP contribution is -2.60. The molecule has 7 amide bonds. The number of carbonyl (C=O) groups is 7. The summed E-state index contributed by atoms with van der Waals surface area (Å²) in [5.74, 6) is -4.76. The molecule has 280 valence electrons. The van der Waals surface area contributed by atoms with Crippen molar-refractivity contribution < 1.29 is 33.6 Å². The zero-order valence-corrected chi connectivity index (χ0v) is 30.1. The van der Waals surface area contributed by atoms with Crippen LogP contribution in [0.2, 0.25) is 0 Å². The number of hydrogen-bond donors (Lipinski definition) is 8. The van der Waals surface area contributed by atoms with Crippen LogP contribution in [0.3, 0.4) is 0 Å². The van der Waals surface area contributed by atoms with Crippen molar-refractivity contribution in [3.8, 4) is 0 Å². The number of likely N-dealkylation sites (N-methyl/N-ethyl adjacent to an activating group) is 1. The Labute approximate surface area is 294 Å². The minimum Gasteiger partial charge on any atom is -0.368 e. The molecule has 0 aromatic heterocycles. The first-order valence-corrected chi connectivity index (χ1v) is 17.0. The molecule has 0 aliphatic carbocycles. The molecule has 0 bridgehead atoms. The molecule has 11 N–H and O–H groups in total. The Bertz CT molecular complexity index is 1290. The highest BCUT2D eigenvalue weighted by Crippen LogP contribution is 2.12. The first-order valence-electron chi connectivity index (χ1n) is 17.0. The van der Waals surface area contributed by atoms with Gasteiger partial charge in [0.25, 0.3) is 0 Å². The van der Waals surface area contributed by atoms with Crippen LogP contribution >= 0.6 is 0 Å². The van der Waals surface area contributed by atoms with Gasteiger partial charge < -0.3 is 48.7 Å². The molecular weight excluding hydrogens is 646 g/mol. The quantitative estimate of drug-likeness (QED) is 0.0646. The first-order chi connectivity index (χ1) is 23.5. The Morgan fingerprint density at radius 2 is 1.32 bits per heavy atom. The second-order valence-electron chi connectivity index (χ2n) is 13.2. The number of amides is 7. The van der Waals surface area contributed by atoms with Crippen molar-refractivity contribution in [2.75, 3.05) is 26.7 Å². The molecule has 5 atom stereocenters. The van der Waals surface area contributed by atoms with E-state index < -0.39 is 84.0 Å². The second kappa shape index (κ2) is 22.2. The van der Waals surface area contributed by atoms with Crippen molar-refractivity contribution >= 4 is 41.4 Å².